The number of esters is 1. The molecule has 0 heterocycles. The van der Waals surface area contributed by atoms with Gasteiger partial charge >= 0.3 is 5.97 Å². The standard InChI is InChI=1S/C19H20O3/c1-2-22-19(21)17-12-16(17)18(20)10-8-13-7-9-14-5-3-4-6-15(14)11-13/h3-7,9,11,16-17H,2,8,10,12H2,1H3/t16-,17-/m0/s1. The van der Waals surface area contributed by atoms with Gasteiger partial charge in [0, 0.05) is 12.3 Å². The van der Waals surface area contributed by atoms with Crippen molar-refractivity contribution < 1.29 is 14.3 Å². The lowest BCUT2D eigenvalue weighted by molar-refractivity contribution is -0.145. The summed E-state index contributed by atoms with van der Waals surface area (Å²) in [6.07, 6.45) is 1.89. The topological polar surface area (TPSA) is 43.4 Å². The van der Waals surface area contributed by atoms with Gasteiger partial charge in [0.1, 0.15) is 5.78 Å². The molecule has 22 heavy (non-hydrogen) atoms. The molecule has 3 rings (SSSR count). The predicted octanol–water partition coefficient (Wildman–Crippen LogP) is 3.54. The molecule has 0 aromatic heterocycles. The van der Waals surface area contributed by atoms with Crippen LogP contribution in [-0.2, 0) is 20.7 Å². The van der Waals surface area contributed by atoms with Crippen LogP contribution < -0.4 is 0 Å². The summed E-state index contributed by atoms with van der Waals surface area (Å²) >= 11 is 0. The lowest BCUT2D eigenvalue weighted by Gasteiger charge is -2.04. The van der Waals surface area contributed by atoms with Crippen LogP contribution in [0.4, 0.5) is 0 Å². The van der Waals surface area contributed by atoms with Gasteiger partial charge in [-0.15, -0.1) is 0 Å². The maximum absolute atomic E-state index is 12.2. The summed E-state index contributed by atoms with van der Waals surface area (Å²) in [5.41, 5.74) is 1.17. The molecule has 2 aromatic carbocycles. The van der Waals surface area contributed by atoms with Crippen LogP contribution in [-0.4, -0.2) is 18.4 Å². The average Bonchev–Trinajstić information content (AvgIpc) is 3.33. The minimum Gasteiger partial charge on any atom is -0.466 e. The Bertz CT molecular complexity index is 705. The molecule has 1 aliphatic carbocycles. The molecule has 2 atom stereocenters. The molecule has 0 N–H and O–H groups in total. The number of fused-ring (bicyclic) bond motifs is 1. The second-order valence-corrected chi connectivity index (χ2v) is 5.85. The highest BCUT2D eigenvalue weighted by Crippen LogP contribution is 2.41. The zero-order chi connectivity index (χ0) is 15.5. The molecule has 0 spiro atoms. The van der Waals surface area contributed by atoms with Gasteiger partial charge in [0.05, 0.1) is 12.5 Å². The number of hydrogen-bond donors (Lipinski definition) is 0. The van der Waals surface area contributed by atoms with E-state index in [1.165, 1.54) is 16.3 Å². The Morgan fingerprint density at radius 3 is 2.64 bits per heavy atom. The summed E-state index contributed by atoms with van der Waals surface area (Å²) < 4.78 is 4.97. The fourth-order valence-electron chi connectivity index (χ4n) is 2.91. The number of Topliss-reactive ketones (excluding diaryl/α,β-unsaturated/α-hetero) is 1. The summed E-state index contributed by atoms with van der Waals surface area (Å²) in [6.45, 7) is 2.17. The van der Waals surface area contributed by atoms with Gasteiger partial charge in [0.15, 0.2) is 0 Å². The van der Waals surface area contributed by atoms with Gasteiger partial charge in [-0.2, -0.15) is 0 Å². The van der Waals surface area contributed by atoms with Crippen molar-refractivity contribution in [1.29, 1.82) is 0 Å². The molecule has 0 radical (unpaired) electrons. The summed E-state index contributed by atoms with van der Waals surface area (Å²) in [4.78, 5) is 23.7. The van der Waals surface area contributed by atoms with Crippen molar-refractivity contribution in [3.63, 3.8) is 0 Å². The molecule has 114 valence electrons. The van der Waals surface area contributed by atoms with Crippen LogP contribution in [0.25, 0.3) is 10.8 Å². The normalized spacial score (nSPS) is 19.9. The maximum Gasteiger partial charge on any atom is 0.309 e. The SMILES string of the molecule is CCOC(=O)[C@H]1C[C@@H]1C(=O)CCc1ccc2ccccc2c1. The lowest BCUT2D eigenvalue weighted by Crippen LogP contribution is -2.12. The van der Waals surface area contributed by atoms with E-state index in [9.17, 15) is 9.59 Å². The molecular formula is C19H20O3. The first-order valence-corrected chi connectivity index (χ1v) is 7.86. The average molecular weight is 296 g/mol. The van der Waals surface area contributed by atoms with Gasteiger partial charge in [0.2, 0.25) is 0 Å². The summed E-state index contributed by atoms with van der Waals surface area (Å²) in [5.74, 6) is -0.332. The number of benzene rings is 2. The van der Waals surface area contributed by atoms with E-state index in [0.717, 1.165) is 6.42 Å². The van der Waals surface area contributed by atoms with Crippen molar-refractivity contribution in [2.75, 3.05) is 6.61 Å². The van der Waals surface area contributed by atoms with Crippen LogP contribution in [0.3, 0.4) is 0 Å². The zero-order valence-electron chi connectivity index (χ0n) is 12.7. The first-order valence-electron chi connectivity index (χ1n) is 7.86. The number of hydrogen-bond acceptors (Lipinski definition) is 3. The molecule has 0 amide bonds. The second kappa shape index (κ2) is 6.30. The minimum absolute atomic E-state index is 0.112. The van der Waals surface area contributed by atoms with Crippen molar-refractivity contribution in [3.05, 3.63) is 48.0 Å². The van der Waals surface area contributed by atoms with E-state index in [1.54, 1.807) is 6.92 Å². The van der Waals surface area contributed by atoms with Crippen LogP contribution >= 0.6 is 0 Å². The summed E-state index contributed by atoms with van der Waals surface area (Å²) in [6, 6.07) is 14.5. The Morgan fingerprint density at radius 1 is 1.09 bits per heavy atom. The molecule has 0 saturated heterocycles. The van der Waals surface area contributed by atoms with E-state index in [2.05, 4.69) is 30.3 Å². The molecular weight excluding hydrogens is 276 g/mol. The number of aryl methyl sites for hydroxylation is 1. The van der Waals surface area contributed by atoms with Gasteiger partial charge in [-0.1, -0.05) is 42.5 Å². The van der Waals surface area contributed by atoms with Crippen molar-refractivity contribution in [1.82, 2.24) is 0 Å². The van der Waals surface area contributed by atoms with Crippen molar-refractivity contribution in [2.45, 2.75) is 26.2 Å². The van der Waals surface area contributed by atoms with Crippen LogP contribution in [0.15, 0.2) is 42.5 Å². The molecule has 2 aromatic rings. The second-order valence-electron chi connectivity index (χ2n) is 5.85. The molecule has 0 bridgehead atoms. The van der Waals surface area contributed by atoms with Gasteiger partial charge < -0.3 is 4.74 Å². The van der Waals surface area contributed by atoms with Crippen LogP contribution in [0.2, 0.25) is 0 Å². The molecule has 1 aliphatic rings. The van der Waals surface area contributed by atoms with E-state index in [0.29, 0.717) is 19.4 Å². The van der Waals surface area contributed by atoms with E-state index in [1.807, 2.05) is 12.1 Å². The van der Waals surface area contributed by atoms with E-state index < -0.39 is 0 Å². The van der Waals surface area contributed by atoms with Crippen LogP contribution in [0.1, 0.15) is 25.3 Å². The molecule has 0 aliphatic heterocycles. The first kappa shape index (κ1) is 14.8. The number of ketones is 1. The molecule has 1 fully saturated rings. The Kier molecular flexibility index (Phi) is 4.23. The fourth-order valence-corrected chi connectivity index (χ4v) is 2.91. The number of rotatable bonds is 6. The Balaban J connectivity index is 1.56. The highest BCUT2D eigenvalue weighted by atomic mass is 16.5. The molecule has 0 unspecified atom stereocenters. The Hall–Kier alpha value is -2.16. The summed E-state index contributed by atoms with van der Waals surface area (Å²) in [7, 11) is 0. The maximum atomic E-state index is 12.2. The van der Waals surface area contributed by atoms with Gasteiger partial charge in [-0.3, -0.25) is 9.59 Å². The van der Waals surface area contributed by atoms with Crippen LogP contribution in [0, 0.1) is 11.8 Å². The van der Waals surface area contributed by atoms with Gasteiger partial charge in [0.25, 0.3) is 0 Å². The smallest absolute Gasteiger partial charge is 0.309 e. The van der Waals surface area contributed by atoms with Gasteiger partial charge in [-0.25, -0.2) is 0 Å². The lowest BCUT2D eigenvalue weighted by atomic mass is 10.0. The van der Waals surface area contributed by atoms with Crippen molar-refractivity contribution in [3.8, 4) is 0 Å². The van der Waals surface area contributed by atoms with E-state index in [4.69, 9.17) is 4.74 Å². The highest BCUT2D eigenvalue weighted by Gasteiger charge is 2.48. The minimum atomic E-state index is -0.216. The van der Waals surface area contributed by atoms with E-state index >= 15 is 0 Å². The Morgan fingerprint density at radius 2 is 1.86 bits per heavy atom. The number of ether oxygens (including phenoxy) is 1. The van der Waals surface area contributed by atoms with Gasteiger partial charge in [-0.05, 0) is 36.1 Å². The third kappa shape index (κ3) is 3.19. The third-order valence-corrected chi connectivity index (χ3v) is 4.27. The zero-order valence-corrected chi connectivity index (χ0v) is 12.7. The predicted molar refractivity (Wildman–Crippen MR) is 85.5 cm³/mol. The molecule has 1 saturated carbocycles. The molecule has 3 nitrogen and oxygen atoms in total. The van der Waals surface area contributed by atoms with Crippen molar-refractivity contribution >= 4 is 22.5 Å². The number of carbonyl (C=O) groups is 2. The van der Waals surface area contributed by atoms with Crippen LogP contribution in [0.5, 0.6) is 0 Å². The van der Waals surface area contributed by atoms with Crippen molar-refractivity contribution in [2.24, 2.45) is 11.8 Å². The summed E-state index contributed by atoms with van der Waals surface area (Å²) in [5, 5.41) is 2.41. The van der Waals surface area contributed by atoms with E-state index in [-0.39, 0.29) is 23.6 Å². The first-order chi connectivity index (χ1) is 10.7. The monoisotopic (exact) mass is 296 g/mol. The fraction of sp³-hybridized carbons (Fsp3) is 0.368. The number of carbonyl (C=O) groups excluding carboxylic acids is 2. The molecule has 3 heteroatoms. The Labute approximate surface area is 130 Å². The largest absolute Gasteiger partial charge is 0.466 e. The quantitative estimate of drug-likeness (QED) is 0.766. The highest BCUT2D eigenvalue weighted by molar-refractivity contribution is 5.91. The third-order valence-electron chi connectivity index (χ3n) is 4.27.